The average Bonchev–Trinajstić information content (AvgIpc) is 3.45. The molecule has 184 valence electrons. The van der Waals surface area contributed by atoms with Crippen LogP contribution in [0.3, 0.4) is 0 Å². The van der Waals surface area contributed by atoms with Crippen molar-refractivity contribution in [1.82, 2.24) is 4.90 Å². The van der Waals surface area contributed by atoms with Gasteiger partial charge in [0, 0.05) is 13.1 Å². The molecule has 1 aromatic carbocycles. The number of rotatable bonds is 3. The molecule has 7 heteroatoms. The van der Waals surface area contributed by atoms with Gasteiger partial charge in [-0.1, -0.05) is 45.0 Å². The zero-order valence-corrected chi connectivity index (χ0v) is 21.3. The lowest BCUT2D eigenvalue weighted by Crippen LogP contribution is -2.28. The Kier molecular flexibility index (Phi) is 15.8. The highest BCUT2D eigenvalue weighted by Crippen LogP contribution is 2.30. The molecule has 0 bridgehead atoms. The van der Waals surface area contributed by atoms with Crippen molar-refractivity contribution in [3.8, 4) is 11.5 Å². The van der Waals surface area contributed by atoms with E-state index in [0.717, 1.165) is 24.6 Å². The molecule has 0 radical (unpaired) electrons. The molecular formula is C25H44N2O5. The van der Waals surface area contributed by atoms with Gasteiger partial charge in [-0.2, -0.15) is 0 Å². The van der Waals surface area contributed by atoms with Crippen molar-refractivity contribution >= 4 is 11.8 Å². The zero-order chi connectivity index (χ0) is 24.5. The summed E-state index contributed by atoms with van der Waals surface area (Å²) in [4.78, 5) is 12.8. The number of likely N-dealkylation sites (tertiary alicyclic amines) is 1. The summed E-state index contributed by atoms with van der Waals surface area (Å²) >= 11 is 0. The molecule has 32 heavy (non-hydrogen) atoms. The minimum atomic E-state index is -0.193. The van der Waals surface area contributed by atoms with Crippen molar-refractivity contribution in [3.63, 3.8) is 0 Å². The SMILES string of the molecule is CC.CC(C)=NO.COC(=O)N1CC(C)[C@H](C)C1.COc1ccccc1OC1CCCC1. The first-order valence-electron chi connectivity index (χ1n) is 11.6. The third-order valence-electron chi connectivity index (χ3n) is 5.29. The molecule has 3 rings (SSSR count). The average molecular weight is 453 g/mol. The Labute approximate surface area is 194 Å². The third-order valence-corrected chi connectivity index (χ3v) is 5.29. The van der Waals surface area contributed by atoms with Gasteiger partial charge in [0.15, 0.2) is 11.5 Å². The summed E-state index contributed by atoms with van der Waals surface area (Å²) in [7, 11) is 3.10. The summed E-state index contributed by atoms with van der Waals surface area (Å²) in [5, 5.41) is 10.5. The molecule has 1 aliphatic carbocycles. The first-order chi connectivity index (χ1) is 15.3. The van der Waals surface area contributed by atoms with E-state index in [1.807, 2.05) is 38.1 Å². The number of para-hydroxylation sites is 2. The number of nitrogens with zero attached hydrogens (tertiary/aromatic N) is 2. The molecule has 7 nitrogen and oxygen atoms in total. The minimum Gasteiger partial charge on any atom is -0.493 e. The van der Waals surface area contributed by atoms with Crippen LogP contribution in [0.4, 0.5) is 4.79 Å². The second-order valence-corrected chi connectivity index (χ2v) is 8.05. The molecule has 1 saturated heterocycles. The summed E-state index contributed by atoms with van der Waals surface area (Å²) in [5.74, 6) is 2.92. The van der Waals surface area contributed by atoms with E-state index in [1.54, 1.807) is 25.9 Å². The van der Waals surface area contributed by atoms with Gasteiger partial charge in [0.2, 0.25) is 0 Å². The topological polar surface area (TPSA) is 80.6 Å². The van der Waals surface area contributed by atoms with Crippen LogP contribution in [0.15, 0.2) is 29.4 Å². The first-order valence-corrected chi connectivity index (χ1v) is 11.6. The smallest absolute Gasteiger partial charge is 0.409 e. The Balaban J connectivity index is 0.000000477. The van der Waals surface area contributed by atoms with Crippen molar-refractivity contribution in [2.45, 2.75) is 73.3 Å². The van der Waals surface area contributed by atoms with Crippen molar-refractivity contribution < 1.29 is 24.2 Å². The van der Waals surface area contributed by atoms with Gasteiger partial charge in [0.1, 0.15) is 0 Å². The number of benzene rings is 1. The lowest BCUT2D eigenvalue weighted by Gasteiger charge is -2.15. The predicted molar refractivity (Wildman–Crippen MR) is 130 cm³/mol. The Morgan fingerprint density at radius 1 is 1.00 bits per heavy atom. The number of amides is 1. The van der Waals surface area contributed by atoms with E-state index >= 15 is 0 Å². The predicted octanol–water partition coefficient (Wildman–Crippen LogP) is 6.24. The van der Waals surface area contributed by atoms with Gasteiger partial charge < -0.3 is 24.3 Å². The van der Waals surface area contributed by atoms with Crippen LogP contribution in [0.2, 0.25) is 0 Å². The van der Waals surface area contributed by atoms with Gasteiger partial charge in [-0.3, -0.25) is 0 Å². The maximum absolute atomic E-state index is 11.0. The molecule has 1 aromatic rings. The molecule has 1 saturated carbocycles. The van der Waals surface area contributed by atoms with Crippen LogP contribution >= 0.6 is 0 Å². The van der Waals surface area contributed by atoms with Crippen molar-refractivity contribution in [3.05, 3.63) is 24.3 Å². The maximum Gasteiger partial charge on any atom is 0.409 e. The molecule has 1 amide bonds. The summed E-state index contributed by atoms with van der Waals surface area (Å²) in [5.41, 5.74) is 0.685. The lowest BCUT2D eigenvalue weighted by molar-refractivity contribution is 0.131. The van der Waals surface area contributed by atoms with Gasteiger partial charge in [0.25, 0.3) is 0 Å². The van der Waals surface area contributed by atoms with Gasteiger partial charge in [-0.25, -0.2) is 4.79 Å². The standard InChI is InChI=1S/C12H16O2.C8H15NO2.C3H7NO.C2H6/c1-13-11-8-4-5-9-12(11)14-10-6-2-3-7-10;1-6-4-9(5-7(6)2)8(10)11-3;1-3(2)4-5;1-2/h4-5,8-10H,2-3,6-7H2,1H3;6-7H,4-5H2,1-3H3;5H,1-2H3;1-2H3/t;6-,7?;;/m.1../s1. The van der Waals surface area contributed by atoms with Crippen molar-refractivity contribution in [2.75, 3.05) is 27.3 Å². The first kappa shape index (κ1) is 29.6. The van der Waals surface area contributed by atoms with Crippen LogP contribution in [-0.2, 0) is 4.74 Å². The van der Waals surface area contributed by atoms with Gasteiger partial charge >= 0.3 is 6.09 Å². The van der Waals surface area contributed by atoms with Crippen LogP contribution in [0.25, 0.3) is 0 Å². The Morgan fingerprint density at radius 3 is 1.88 bits per heavy atom. The van der Waals surface area contributed by atoms with Gasteiger partial charge in [0.05, 0.1) is 26.0 Å². The van der Waals surface area contributed by atoms with Crippen LogP contribution < -0.4 is 9.47 Å². The van der Waals surface area contributed by atoms with Crippen LogP contribution in [0, 0.1) is 11.8 Å². The lowest BCUT2D eigenvalue weighted by atomic mass is 10.0. The molecular weight excluding hydrogens is 408 g/mol. The fourth-order valence-corrected chi connectivity index (χ4v) is 3.31. The Morgan fingerprint density at radius 2 is 1.47 bits per heavy atom. The highest BCUT2D eigenvalue weighted by Gasteiger charge is 2.29. The maximum atomic E-state index is 11.0. The minimum absolute atomic E-state index is 0.193. The highest BCUT2D eigenvalue weighted by atomic mass is 16.5. The fraction of sp³-hybridized carbons (Fsp3) is 0.680. The third kappa shape index (κ3) is 11.3. The van der Waals surface area contributed by atoms with E-state index in [-0.39, 0.29) is 6.09 Å². The second kappa shape index (κ2) is 17.2. The summed E-state index contributed by atoms with van der Waals surface area (Å²) in [6.45, 7) is 13.4. The zero-order valence-electron chi connectivity index (χ0n) is 21.3. The number of hydrogen-bond acceptors (Lipinski definition) is 6. The number of hydrogen-bond donors (Lipinski definition) is 1. The van der Waals surface area contributed by atoms with Crippen molar-refractivity contribution in [1.29, 1.82) is 0 Å². The van der Waals surface area contributed by atoms with Gasteiger partial charge in [-0.15, -0.1) is 0 Å². The molecule has 1 N–H and O–H groups in total. The van der Waals surface area contributed by atoms with Gasteiger partial charge in [-0.05, 0) is 63.5 Å². The number of methoxy groups -OCH3 is 2. The molecule has 1 unspecified atom stereocenters. The largest absolute Gasteiger partial charge is 0.493 e. The quantitative estimate of drug-likeness (QED) is 0.333. The normalized spacial score (nSPS) is 19.2. The van der Waals surface area contributed by atoms with Crippen LogP contribution in [0.5, 0.6) is 11.5 Å². The van der Waals surface area contributed by atoms with E-state index in [1.165, 1.54) is 32.8 Å². The number of oxime groups is 1. The van der Waals surface area contributed by atoms with E-state index < -0.39 is 0 Å². The van der Waals surface area contributed by atoms with E-state index in [2.05, 4.69) is 23.7 Å². The monoisotopic (exact) mass is 452 g/mol. The Bertz CT molecular complexity index is 645. The van der Waals surface area contributed by atoms with Crippen molar-refractivity contribution in [2.24, 2.45) is 17.0 Å². The van der Waals surface area contributed by atoms with Crippen LogP contribution in [0.1, 0.15) is 67.2 Å². The number of carbonyl (C=O) groups is 1. The summed E-state index contributed by atoms with van der Waals surface area (Å²) < 4.78 is 15.7. The summed E-state index contributed by atoms with van der Waals surface area (Å²) in [6.07, 6.45) is 5.14. The van der Waals surface area contributed by atoms with E-state index in [4.69, 9.17) is 14.7 Å². The highest BCUT2D eigenvalue weighted by molar-refractivity contribution is 5.78. The molecule has 0 aromatic heterocycles. The van der Waals surface area contributed by atoms with Crippen LogP contribution in [-0.4, -0.2) is 55.3 Å². The van der Waals surface area contributed by atoms with E-state index in [9.17, 15) is 4.79 Å². The second-order valence-electron chi connectivity index (χ2n) is 8.05. The molecule has 1 aliphatic heterocycles. The molecule has 2 aliphatic rings. The number of carbonyl (C=O) groups excluding carboxylic acids is 1. The number of ether oxygens (including phenoxy) is 3. The van der Waals surface area contributed by atoms with E-state index in [0.29, 0.717) is 23.7 Å². The molecule has 1 heterocycles. The molecule has 2 atom stereocenters. The fourth-order valence-electron chi connectivity index (χ4n) is 3.31. The Hall–Kier alpha value is -2.44. The molecule has 2 fully saturated rings. The summed E-state index contributed by atoms with van der Waals surface area (Å²) in [6, 6.07) is 7.84. The molecule has 0 spiro atoms.